The SMILES string of the molecule is CC1=C(c2ccc(C(C)C)cc2)S(=O)(=O)N=C1N1CCC(C(=O)N2CCCC2)CC1. The fourth-order valence-corrected chi connectivity index (χ4v) is 6.22. The molecule has 1 aromatic carbocycles. The first kappa shape index (κ1) is 21.1. The molecule has 2 fully saturated rings. The van der Waals surface area contributed by atoms with Gasteiger partial charge in [0.2, 0.25) is 5.91 Å². The average molecular weight is 430 g/mol. The van der Waals surface area contributed by atoms with Gasteiger partial charge in [-0.05, 0) is 49.7 Å². The zero-order valence-corrected chi connectivity index (χ0v) is 18.9. The van der Waals surface area contributed by atoms with Crippen molar-refractivity contribution >= 4 is 26.7 Å². The average Bonchev–Trinajstić information content (AvgIpc) is 3.34. The lowest BCUT2D eigenvalue weighted by atomic mass is 9.94. The van der Waals surface area contributed by atoms with Gasteiger partial charge in [-0.1, -0.05) is 38.1 Å². The van der Waals surface area contributed by atoms with Crippen LogP contribution in [0.4, 0.5) is 0 Å². The van der Waals surface area contributed by atoms with Gasteiger partial charge in [-0.2, -0.15) is 8.42 Å². The minimum Gasteiger partial charge on any atom is -0.356 e. The van der Waals surface area contributed by atoms with Gasteiger partial charge in [0.05, 0.1) is 0 Å². The summed E-state index contributed by atoms with van der Waals surface area (Å²) in [6.07, 6.45) is 3.70. The van der Waals surface area contributed by atoms with Crippen LogP contribution in [0, 0.1) is 5.92 Å². The molecule has 6 nitrogen and oxygen atoms in total. The van der Waals surface area contributed by atoms with Gasteiger partial charge in [-0.25, -0.2) is 0 Å². The fourth-order valence-electron chi connectivity index (χ4n) is 4.74. The molecule has 0 N–H and O–H groups in total. The number of piperidine rings is 1. The molecule has 0 aromatic heterocycles. The zero-order valence-electron chi connectivity index (χ0n) is 18.1. The Hall–Kier alpha value is -2.15. The highest BCUT2D eigenvalue weighted by atomic mass is 32.2. The number of carbonyl (C=O) groups excluding carboxylic acids is 1. The van der Waals surface area contributed by atoms with Crippen molar-refractivity contribution in [3.05, 3.63) is 41.0 Å². The molecule has 30 heavy (non-hydrogen) atoms. The van der Waals surface area contributed by atoms with Crippen molar-refractivity contribution in [1.29, 1.82) is 0 Å². The Labute approximate surface area is 179 Å². The van der Waals surface area contributed by atoms with E-state index in [-0.39, 0.29) is 11.8 Å². The second-order valence-corrected chi connectivity index (χ2v) is 10.5. The minimum atomic E-state index is -3.71. The van der Waals surface area contributed by atoms with Gasteiger partial charge in [0.15, 0.2) is 0 Å². The van der Waals surface area contributed by atoms with E-state index >= 15 is 0 Å². The van der Waals surface area contributed by atoms with E-state index in [0.29, 0.717) is 40.9 Å². The molecule has 3 aliphatic rings. The van der Waals surface area contributed by atoms with E-state index < -0.39 is 10.0 Å². The topological polar surface area (TPSA) is 70.0 Å². The van der Waals surface area contributed by atoms with Crippen molar-refractivity contribution < 1.29 is 13.2 Å². The van der Waals surface area contributed by atoms with Gasteiger partial charge in [0.1, 0.15) is 10.7 Å². The maximum Gasteiger partial charge on any atom is 0.285 e. The van der Waals surface area contributed by atoms with Gasteiger partial charge < -0.3 is 9.80 Å². The van der Waals surface area contributed by atoms with Gasteiger partial charge in [0, 0.05) is 37.7 Å². The summed E-state index contributed by atoms with van der Waals surface area (Å²) in [7, 11) is -3.71. The number of likely N-dealkylation sites (tertiary alicyclic amines) is 2. The van der Waals surface area contributed by atoms with Crippen LogP contribution in [0.2, 0.25) is 0 Å². The number of carbonyl (C=O) groups is 1. The van der Waals surface area contributed by atoms with Crippen LogP contribution in [0.3, 0.4) is 0 Å². The van der Waals surface area contributed by atoms with E-state index in [4.69, 9.17) is 0 Å². The van der Waals surface area contributed by atoms with E-state index in [1.807, 2.05) is 41.0 Å². The number of hydrogen-bond acceptors (Lipinski definition) is 4. The number of hydrogen-bond donors (Lipinski definition) is 0. The largest absolute Gasteiger partial charge is 0.356 e. The monoisotopic (exact) mass is 429 g/mol. The molecule has 0 aliphatic carbocycles. The molecule has 0 unspecified atom stereocenters. The molecular formula is C23H31N3O3S. The van der Waals surface area contributed by atoms with E-state index in [9.17, 15) is 13.2 Å². The minimum absolute atomic E-state index is 0.0466. The molecule has 0 radical (unpaired) electrons. The Balaban J connectivity index is 1.50. The zero-order chi connectivity index (χ0) is 21.5. The van der Waals surface area contributed by atoms with Crippen molar-refractivity contribution in [3.63, 3.8) is 0 Å². The van der Waals surface area contributed by atoms with E-state index in [1.165, 1.54) is 5.56 Å². The molecule has 0 spiro atoms. The van der Waals surface area contributed by atoms with E-state index in [0.717, 1.165) is 38.8 Å². The van der Waals surface area contributed by atoms with Crippen molar-refractivity contribution in [3.8, 4) is 0 Å². The molecule has 3 heterocycles. The third-order valence-corrected chi connectivity index (χ3v) is 8.01. The van der Waals surface area contributed by atoms with Crippen LogP contribution < -0.4 is 0 Å². The molecule has 162 valence electrons. The molecule has 0 bridgehead atoms. The highest BCUT2D eigenvalue weighted by Gasteiger charge is 2.36. The highest BCUT2D eigenvalue weighted by molar-refractivity contribution is 8.00. The Morgan fingerprint density at radius 2 is 1.63 bits per heavy atom. The Kier molecular flexibility index (Phi) is 5.75. The van der Waals surface area contributed by atoms with Gasteiger partial charge >= 0.3 is 0 Å². The summed E-state index contributed by atoms with van der Waals surface area (Å²) in [6, 6.07) is 7.74. The molecule has 1 aromatic rings. The van der Waals surface area contributed by atoms with Crippen LogP contribution >= 0.6 is 0 Å². The lowest BCUT2D eigenvalue weighted by Gasteiger charge is -2.34. The van der Waals surface area contributed by atoms with Crippen molar-refractivity contribution in [2.45, 2.75) is 52.4 Å². The van der Waals surface area contributed by atoms with E-state index in [2.05, 4.69) is 18.2 Å². The van der Waals surface area contributed by atoms with Crippen molar-refractivity contribution in [1.82, 2.24) is 9.80 Å². The number of nitrogens with zero attached hydrogens (tertiary/aromatic N) is 3. The van der Waals surface area contributed by atoms with Crippen LogP contribution in [-0.4, -0.2) is 56.1 Å². The van der Waals surface area contributed by atoms with Crippen molar-refractivity contribution in [2.24, 2.45) is 10.3 Å². The Bertz CT molecular complexity index is 979. The third kappa shape index (κ3) is 3.92. The second kappa shape index (κ2) is 8.17. The fraction of sp³-hybridized carbons (Fsp3) is 0.565. The predicted molar refractivity (Wildman–Crippen MR) is 120 cm³/mol. The summed E-state index contributed by atoms with van der Waals surface area (Å²) in [5, 5.41) is 0. The first-order valence-electron chi connectivity index (χ1n) is 11.0. The van der Waals surface area contributed by atoms with Crippen LogP contribution in [0.15, 0.2) is 34.2 Å². The quantitative estimate of drug-likeness (QED) is 0.736. The molecule has 2 saturated heterocycles. The number of sulfonamides is 1. The van der Waals surface area contributed by atoms with Crippen LogP contribution in [-0.2, 0) is 14.8 Å². The molecular weight excluding hydrogens is 398 g/mol. The number of rotatable bonds is 3. The predicted octanol–water partition coefficient (Wildman–Crippen LogP) is 3.62. The molecule has 3 aliphatic heterocycles. The highest BCUT2D eigenvalue weighted by Crippen LogP contribution is 2.35. The lowest BCUT2D eigenvalue weighted by molar-refractivity contribution is -0.135. The maximum atomic E-state index is 12.9. The van der Waals surface area contributed by atoms with Gasteiger partial charge in [0.25, 0.3) is 10.0 Å². The Morgan fingerprint density at radius 3 is 2.20 bits per heavy atom. The van der Waals surface area contributed by atoms with Crippen LogP contribution in [0.1, 0.15) is 63.5 Å². The van der Waals surface area contributed by atoms with Crippen molar-refractivity contribution in [2.75, 3.05) is 26.2 Å². The molecule has 0 atom stereocenters. The summed E-state index contributed by atoms with van der Waals surface area (Å²) in [4.78, 5) is 17.0. The van der Waals surface area contributed by atoms with E-state index in [1.54, 1.807) is 0 Å². The van der Waals surface area contributed by atoms with Gasteiger partial charge in [-0.3, -0.25) is 4.79 Å². The third-order valence-electron chi connectivity index (χ3n) is 6.54. The Morgan fingerprint density at radius 1 is 1.03 bits per heavy atom. The molecule has 0 saturated carbocycles. The second-order valence-electron chi connectivity index (χ2n) is 8.91. The summed E-state index contributed by atoms with van der Waals surface area (Å²) in [5.41, 5.74) is 2.57. The molecule has 7 heteroatoms. The first-order valence-corrected chi connectivity index (χ1v) is 12.4. The lowest BCUT2D eigenvalue weighted by Crippen LogP contribution is -2.43. The summed E-state index contributed by atoms with van der Waals surface area (Å²) >= 11 is 0. The summed E-state index contributed by atoms with van der Waals surface area (Å²) < 4.78 is 29.8. The first-order chi connectivity index (χ1) is 14.3. The summed E-state index contributed by atoms with van der Waals surface area (Å²) in [6.45, 7) is 9.16. The van der Waals surface area contributed by atoms with Crippen LogP contribution in [0.25, 0.3) is 4.91 Å². The number of amidine groups is 1. The normalized spacial score (nSPS) is 22.2. The summed E-state index contributed by atoms with van der Waals surface area (Å²) in [5.74, 6) is 1.26. The standard InChI is InChI=1S/C23H31N3O3S/c1-16(2)18-6-8-19(9-7-18)21-17(3)22(24-30(21,28)29)25-14-10-20(11-15-25)23(27)26-12-4-5-13-26/h6-9,16,20H,4-5,10-15H2,1-3H3. The number of amides is 1. The molecule has 4 rings (SSSR count). The van der Waals surface area contributed by atoms with Crippen LogP contribution in [0.5, 0.6) is 0 Å². The van der Waals surface area contributed by atoms with Gasteiger partial charge in [-0.15, -0.1) is 4.40 Å². The maximum absolute atomic E-state index is 12.9. The number of benzene rings is 1. The molecule has 1 amide bonds. The smallest absolute Gasteiger partial charge is 0.285 e.